The third-order valence-corrected chi connectivity index (χ3v) is 3.54. The average Bonchev–Trinajstić information content (AvgIpc) is 2.61. The Morgan fingerprint density at radius 3 is 2.29 bits per heavy atom. The molecule has 24 heavy (non-hydrogen) atoms. The largest absolute Gasteiger partial charge is 0.493 e. The summed E-state index contributed by atoms with van der Waals surface area (Å²) in [4.78, 5) is 19.0. The maximum Gasteiger partial charge on any atom is 0.231 e. The van der Waals surface area contributed by atoms with Crippen LogP contribution in [0.2, 0.25) is 5.28 Å². The van der Waals surface area contributed by atoms with Gasteiger partial charge >= 0.3 is 0 Å². The lowest BCUT2D eigenvalue weighted by molar-refractivity contribution is 0.112. The summed E-state index contributed by atoms with van der Waals surface area (Å²) in [6.45, 7) is 0. The number of aromatic nitrogens is 2. The average molecular weight is 345 g/mol. The molecule has 0 N–H and O–H groups in total. The molecule has 0 aliphatic rings. The van der Waals surface area contributed by atoms with Crippen LogP contribution >= 0.6 is 11.6 Å². The van der Waals surface area contributed by atoms with Crippen molar-refractivity contribution >= 4 is 28.8 Å². The molecule has 0 atom stereocenters. The van der Waals surface area contributed by atoms with Crippen LogP contribution in [0.1, 0.15) is 10.4 Å². The molecule has 0 spiro atoms. The molecule has 1 heterocycles. The second-order valence-corrected chi connectivity index (χ2v) is 5.15. The highest BCUT2D eigenvalue weighted by Gasteiger charge is 2.14. The van der Waals surface area contributed by atoms with Crippen LogP contribution in [-0.2, 0) is 0 Å². The van der Waals surface area contributed by atoms with Crippen molar-refractivity contribution in [1.82, 2.24) is 9.97 Å². The number of carbonyl (C=O) groups excluding carboxylic acids is 1. The number of methoxy groups -OCH3 is 2. The number of ether oxygens (including phenoxy) is 3. The fourth-order valence-corrected chi connectivity index (χ4v) is 2.37. The van der Waals surface area contributed by atoms with Crippen LogP contribution in [0.15, 0.2) is 36.4 Å². The van der Waals surface area contributed by atoms with Gasteiger partial charge in [-0.25, -0.2) is 4.98 Å². The zero-order chi connectivity index (χ0) is 17.1. The molecular formula is C17H13ClN2O4. The van der Waals surface area contributed by atoms with E-state index in [-0.39, 0.29) is 11.2 Å². The molecule has 0 aliphatic carbocycles. The van der Waals surface area contributed by atoms with Crippen molar-refractivity contribution in [1.29, 1.82) is 0 Å². The van der Waals surface area contributed by atoms with Crippen LogP contribution < -0.4 is 14.2 Å². The molecule has 0 aliphatic heterocycles. The Balaban J connectivity index is 2.09. The van der Waals surface area contributed by atoms with Crippen molar-refractivity contribution in [3.05, 3.63) is 47.2 Å². The molecule has 0 radical (unpaired) electrons. The summed E-state index contributed by atoms with van der Waals surface area (Å²) in [6, 6.07) is 10.1. The molecule has 0 saturated carbocycles. The smallest absolute Gasteiger partial charge is 0.231 e. The van der Waals surface area contributed by atoms with E-state index in [9.17, 15) is 4.79 Å². The summed E-state index contributed by atoms with van der Waals surface area (Å²) in [5, 5.41) is 0.672. The van der Waals surface area contributed by atoms with Crippen LogP contribution in [0.3, 0.4) is 0 Å². The van der Waals surface area contributed by atoms with Crippen LogP contribution in [0.5, 0.6) is 23.1 Å². The fourth-order valence-electron chi connectivity index (χ4n) is 2.20. The number of aldehydes is 1. The summed E-state index contributed by atoms with van der Waals surface area (Å²) in [5.74, 6) is 1.86. The molecule has 0 bridgehead atoms. The highest BCUT2D eigenvalue weighted by Crippen LogP contribution is 2.36. The van der Waals surface area contributed by atoms with E-state index in [2.05, 4.69) is 9.97 Å². The molecular weight excluding hydrogens is 332 g/mol. The second-order valence-electron chi connectivity index (χ2n) is 4.81. The van der Waals surface area contributed by atoms with E-state index >= 15 is 0 Å². The van der Waals surface area contributed by atoms with E-state index in [4.69, 9.17) is 25.8 Å². The standard InChI is InChI=1S/C17H13ClN2O4/c1-22-14-7-12-13(8-15(14)23-2)19-17(18)20-16(12)24-11-5-3-10(9-21)4-6-11/h3-9H,1-2H3. The van der Waals surface area contributed by atoms with Crippen LogP contribution in [0.25, 0.3) is 10.9 Å². The van der Waals surface area contributed by atoms with Gasteiger partial charge < -0.3 is 14.2 Å². The molecule has 3 rings (SSSR count). The van der Waals surface area contributed by atoms with Crippen molar-refractivity contribution in [3.8, 4) is 23.1 Å². The quantitative estimate of drug-likeness (QED) is 0.516. The Morgan fingerprint density at radius 1 is 1.00 bits per heavy atom. The summed E-state index contributed by atoms with van der Waals surface area (Å²) >= 11 is 5.99. The summed E-state index contributed by atoms with van der Waals surface area (Å²) in [6.07, 6.45) is 0.762. The first kappa shape index (κ1) is 16.0. The topological polar surface area (TPSA) is 70.5 Å². The minimum absolute atomic E-state index is 0.0502. The third kappa shape index (κ3) is 3.09. The number of halogens is 1. The van der Waals surface area contributed by atoms with Gasteiger partial charge in [-0.1, -0.05) is 0 Å². The number of benzene rings is 2. The number of carbonyl (C=O) groups is 1. The van der Waals surface area contributed by atoms with E-state index < -0.39 is 0 Å². The van der Waals surface area contributed by atoms with Gasteiger partial charge in [-0.15, -0.1) is 0 Å². The van der Waals surface area contributed by atoms with Gasteiger partial charge in [0.05, 0.1) is 25.1 Å². The molecule has 0 fully saturated rings. The Hall–Kier alpha value is -2.86. The van der Waals surface area contributed by atoms with E-state index in [0.29, 0.717) is 33.7 Å². The number of rotatable bonds is 5. The van der Waals surface area contributed by atoms with Crippen molar-refractivity contribution in [2.24, 2.45) is 0 Å². The first-order valence-electron chi connectivity index (χ1n) is 6.97. The maximum atomic E-state index is 10.7. The minimum atomic E-state index is 0.0502. The zero-order valence-electron chi connectivity index (χ0n) is 12.9. The van der Waals surface area contributed by atoms with Gasteiger partial charge in [0.1, 0.15) is 12.0 Å². The monoisotopic (exact) mass is 344 g/mol. The predicted octanol–water partition coefficient (Wildman–Crippen LogP) is 3.91. The molecule has 1 aromatic heterocycles. The highest BCUT2D eigenvalue weighted by atomic mass is 35.5. The van der Waals surface area contributed by atoms with Gasteiger partial charge in [0.15, 0.2) is 11.5 Å². The maximum absolute atomic E-state index is 10.7. The Bertz CT molecular complexity index is 897. The van der Waals surface area contributed by atoms with E-state index in [1.54, 1.807) is 50.6 Å². The van der Waals surface area contributed by atoms with Crippen molar-refractivity contribution < 1.29 is 19.0 Å². The summed E-state index contributed by atoms with van der Waals surface area (Å²) < 4.78 is 16.4. The predicted molar refractivity (Wildman–Crippen MR) is 89.6 cm³/mol. The van der Waals surface area contributed by atoms with E-state index in [1.807, 2.05) is 0 Å². The number of hydrogen-bond acceptors (Lipinski definition) is 6. The number of hydrogen-bond donors (Lipinski definition) is 0. The van der Waals surface area contributed by atoms with Gasteiger partial charge in [-0.2, -0.15) is 4.98 Å². The van der Waals surface area contributed by atoms with Crippen molar-refractivity contribution in [2.75, 3.05) is 14.2 Å². The minimum Gasteiger partial charge on any atom is -0.493 e. The van der Waals surface area contributed by atoms with Crippen molar-refractivity contribution in [2.45, 2.75) is 0 Å². The van der Waals surface area contributed by atoms with E-state index in [0.717, 1.165) is 6.29 Å². The highest BCUT2D eigenvalue weighted by molar-refractivity contribution is 6.28. The lowest BCUT2D eigenvalue weighted by Crippen LogP contribution is -1.96. The van der Waals surface area contributed by atoms with Gasteiger partial charge in [0.2, 0.25) is 11.2 Å². The summed E-state index contributed by atoms with van der Waals surface area (Å²) in [5.41, 5.74) is 1.12. The molecule has 3 aromatic rings. The van der Waals surface area contributed by atoms with Gasteiger partial charge in [-0.3, -0.25) is 4.79 Å². The van der Waals surface area contributed by atoms with Crippen molar-refractivity contribution in [3.63, 3.8) is 0 Å². The molecule has 7 heteroatoms. The fraction of sp³-hybridized carbons (Fsp3) is 0.118. The molecule has 0 saturated heterocycles. The van der Waals surface area contributed by atoms with Crippen LogP contribution in [0.4, 0.5) is 0 Å². The normalized spacial score (nSPS) is 10.5. The molecule has 2 aromatic carbocycles. The molecule has 0 unspecified atom stereocenters. The Morgan fingerprint density at radius 2 is 1.67 bits per heavy atom. The SMILES string of the molecule is COc1cc2nc(Cl)nc(Oc3ccc(C=O)cc3)c2cc1OC. The van der Waals surface area contributed by atoms with Gasteiger partial charge in [0, 0.05) is 11.6 Å². The first-order chi connectivity index (χ1) is 11.6. The molecule has 0 amide bonds. The Labute approximate surface area is 143 Å². The Kier molecular flexibility index (Phi) is 4.48. The first-order valence-corrected chi connectivity index (χ1v) is 7.34. The van der Waals surface area contributed by atoms with E-state index in [1.165, 1.54) is 0 Å². The van der Waals surface area contributed by atoms with Gasteiger partial charge in [0.25, 0.3) is 0 Å². The summed E-state index contributed by atoms with van der Waals surface area (Å²) in [7, 11) is 3.08. The van der Waals surface area contributed by atoms with Crippen LogP contribution in [0, 0.1) is 0 Å². The van der Waals surface area contributed by atoms with Crippen LogP contribution in [-0.4, -0.2) is 30.5 Å². The second kappa shape index (κ2) is 6.72. The number of fused-ring (bicyclic) bond motifs is 1. The zero-order valence-corrected chi connectivity index (χ0v) is 13.7. The molecule has 6 nitrogen and oxygen atoms in total. The third-order valence-electron chi connectivity index (χ3n) is 3.37. The lowest BCUT2D eigenvalue weighted by Gasteiger charge is -2.12. The number of nitrogens with zero attached hydrogens (tertiary/aromatic N) is 2. The van der Waals surface area contributed by atoms with Gasteiger partial charge in [-0.05, 0) is 41.9 Å². The lowest BCUT2D eigenvalue weighted by atomic mass is 10.2. The molecule has 122 valence electrons.